The van der Waals surface area contributed by atoms with Crippen LogP contribution in [-0.4, -0.2) is 26.6 Å². The van der Waals surface area contributed by atoms with Crippen molar-refractivity contribution in [3.63, 3.8) is 0 Å². The minimum atomic E-state index is -0.179. The number of aromatic nitrogens is 3. The van der Waals surface area contributed by atoms with E-state index in [2.05, 4.69) is 43.6 Å². The van der Waals surface area contributed by atoms with E-state index in [9.17, 15) is 4.79 Å². The molecular weight excluding hydrogens is 424 g/mol. The fraction of sp³-hybridized carbons (Fsp3) is 0.222. The van der Waals surface area contributed by atoms with Crippen LogP contribution in [0.25, 0.3) is 5.57 Å². The van der Waals surface area contributed by atoms with Crippen molar-refractivity contribution in [1.29, 1.82) is 0 Å². The van der Waals surface area contributed by atoms with Crippen molar-refractivity contribution in [2.75, 3.05) is 5.32 Å². The summed E-state index contributed by atoms with van der Waals surface area (Å²) in [6, 6.07) is 9.63. The molecule has 0 saturated carbocycles. The number of carbonyl (C=O) groups is 1. The van der Waals surface area contributed by atoms with Crippen LogP contribution in [-0.2, 0) is 0 Å². The number of nitrogens with zero attached hydrogens (tertiary/aromatic N) is 4. The number of rotatable bonds is 9. The normalized spacial score (nSPS) is 13.1. The van der Waals surface area contributed by atoms with Gasteiger partial charge in [0.1, 0.15) is 6.33 Å². The summed E-state index contributed by atoms with van der Waals surface area (Å²) in [5.41, 5.74) is 6.38. The molecule has 174 valence electrons. The Hall–Kier alpha value is -4.13. The summed E-state index contributed by atoms with van der Waals surface area (Å²) in [4.78, 5) is 29.3. The van der Waals surface area contributed by atoms with Crippen LogP contribution >= 0.6 is 0 Å². The summed E-state index contributed by atoms with van der Waals surface area (Å²) in [6.45, 7) is 7.97. The van der Waals surface area contributed by atoms with Crippen LogP contribution in [0.4, 0.5) is 5.69 Å². The third-order valence-corrected chi connectivity index (χ3v) is 5.22. The van der Waals surface area contributed by atoms with Gasteiger partial charge >= 0.3 is 0 Å². The molecule has 0 radical (unpaired) electrons. The molecule has 0 spiro atoms. The van der Waals surface area contributed by atoms with Gasteiger partial charge in [0.05, 0.1) is 5.56 Å². The molecule has 0 aliphatic heterocycles. The quantitative estimate of drug-likeness (QED) is 0.416. The monoisotopic (exact) mass is 454 g/mol. The molecule has 1 atom stereocenters. The second kappa shape index (κ2) is 12.2. The minimum absolute atomic E-state index is 0.0387. The first-order valence-electron chi connectivity index (χ1n) is 11.1. The topological polar surface area (TPSA) is 92.2 Å². The van der Waals surface area contributed by atoms with E-state index in [-0.39, 0.29) is 11.9 Å². The van der Waals surface area contributed by atoms with Gasteiger partial charge in [-0.15, -0.1) is 0 Å². The molecule has 3 aromatic rings. The van der Waals surface area contributed by atoms with E-state index >= 15 is 0 Å². The zero-order chi connectivity index (χ0) is 24.3. The number of aliphatic imine (C=N–C) groups is 1. The number of aryl methyl sites for hydroxylation is 1. The molecule has 3 rings (SSSR count). The lowest BCUT2D eigenvalue weighted by Crippen LogP contribution is -2.14. The number of hydrogen-bond acceptors (Lipinski definition) is 6. The summed E-state index contributed by atoms with van der Waals surface area (Å²) in [5, 5.41) is 6.27. The Morgan fingerprint density at radius 1 is 1.09 bits per heavy atom. The summed E-state index contributed by atoms with van der Waals surface area (Å²) in [6.07, 6.45) is 14.8. The van der Waals surface area contributed by atoms with E-state index in [1.807, 2.05) is 69.7 Å². The van der Waals surface area contributed by atoms with Crippen molar-refractivity contribution < 1.29 is 4.79 Å². The molecule has 0 bridgehead atoms. The van der Waals surface area contributed by atoms with E-state index < -0.39 is 0 Å². The second-order valence-electron chi connectivity index (χ2n) is 8.02. The Kier molecular flexibility index (Phi) is 8.80. The van der Waals surface area contributed by atoms with Crippen LogP contribution in [0.3, 0.4) is 0 Å². The van der Waals surface area contributed by atoms with Crippen LogP contribution in [0.5, 0.6) is 0 Å². The summed E-state index contributed by atoms with van der Waals surface area (Å²) >= 11 is 0. The predicted molar refractivity (Wildman–Crippen MR) is 137 cm³/mol. The Balaban J connectivity index is 1.56. The number of hydrogen-bond donors (Lipinski definition) is 2. The number of benzene rings is 1. The number of amides is 1. The standard InChI is InChI=1S/C27H30N6O/c1-5-22(25-16-29-18-30-17-25)12-20(3)31-9-10-32-21(4)23-7-6-8-26(13-23)33-27(34)24-11-19(2)14-28-15-24/h5-11,13-18,21,32H,12H2,1-4H3,(H,33,34)/b10-9?,22-5+,31-20?. The van der Waals surface area contributed by atoms with Crippen molar-refractivity contribution >= 4 is 22.9 Å². The second-order valence-corrected chi connectivity index (χ2v) is 8.02. The average molecular weight is 455 g/mol. The lowest BCUT2D eigenvalue weighted by atomic mass is 10.0. The van der Waals surface area contributed by atoms with E-state index in [1.165, 1.54) is 6.33 Å². The average Bonchev–Trinajstić information content (AvgIpc) is 2.85. The SMILES string of the molecule is C/C=C(\CC(C)=NC=CNC(C)c1cccc(NC(=O)c2cncc(C)c2)c1)c1cncnc1. The lowest BCUT2D eigenvalue weighted by molar-refractivity contribution is 0.102. The fourth-order valence-corrected chi connectivity index (χ4v) is 3.37. The molecular formula is C27H30N6O. The first-order valence-corrected chi connectivity index (χ1v) is 11.1. The molecule has 1 aromatic carbocycles. The van der Waals surface area contributed by atoms with Crippen molar-refractivity contribution in [1.82, 2.24) is 20.3 Å². The third kappa shape index (κ3) is 7.20. The lowest BCUT2D eigenvalue weighted by Gasteiger charge is -2.14. The summed E-state index contributed by atoms with van der Waals surface area (Å²) in [7, 11) is 0. The van der Waals surface area contributed by atoms with Crippen LogP contribution < -0.4 is 10.6 Å². The highest BCUT2D eigenvalue weighted by Crippen LogP contribution is 2.19. The van der Waals surface area contributed by atoms with Gasteiger partial charge in [-0.25, -0.2) is 9.97 Å². The maximum Gasteiger partial charge on any atom is 0.257 e. The summed E-state index contributed by atoms with van der Waals surface area (Å²) < 4.78 is 0. The first kappa shape index (κ1) is 24.5. The molecule has 1 unspecified atom stereocenters. The largest absolute Gasteiger partial charge is 0.383 e. The highest BCUT2D eigenvalue weighted by molar-refractivity contribution is 6.04. The Morgan fingerprint density at radius 2 is 1.85 bits per heavy atom. The zero-order valence-corrected chi connectivity index (χ0v) is 20.0. The van der Waals surface area contributed by atoms with Gasteiger partial charge < -0.3 is 10.6 Å². The van der Waals surface area contributed by atoms with E-state index in [0.29, 0.717) is 5.56 Å². The van der Waals surface area contributed by atoms with Crippen LogP contribution in [0, 0.1) is 6.92 Å². The molecule has 0 aliphatic carbocycles. The van der Waals surface area contributed by atoms with Crippen LogP contribution in [0.1, 0.15) is 60.3 Å². The number of anilines is 1. The van der Waals surface area contributed by atoms with Gasteiger partial charge in [0.25, 0.3) is 5.91 Å². The Bertz CT molecular complexity index is 1200. The molecule has 2 heterocycles. The van der Waals surface area contributed by atoms with Gasteiger partial charge in [-0.1, -0.05) is 18.2 Å². The summed E-state index contributed by atoms with van der Waals surface area (Å²) in [5.74, 6) is -0.179. The van der Waals surface area contributed by atoms with E-state index in [0.717, 1.165) is 40.1 Å². The van der Waals surface area contributed by atoms with Crippen molar-refractivity contribution in [3.8, 4) is 0 Å². The van der Waals surface area contributed by atoms with Crippen LogP contribution in [0.2, 0.25) is 0 Å². The highest BCUT2D eigenvalue weighted by atomic mass is 16.1. The third-order valence-electron chi connectivity index (χ3n) is 5.22. The smallest absolute Gasteiger partial charge is 0.257 e. The highest BCUT2D eigenvalue weighted by Gasteiger charge is 2.09. The minimum Gasteiger partial charge on any atom is -0.383 e. The molecule has 2 N–H and O–H groups in total. The Morgan fingerprint density at radius 3 is 2.59 bits per heavy atom. The van der Waals surface area contributed by atoms with Crippen molar-refractivity contribution in [3.05, 3.63) is 102 Å². The molecule has 0 fully saturated rings. The molecule has 7 nitrogen and oxygen atoms in total. The van der Waals surface area contributed by atoms with E-state index in [1.54, 1.807) is 18.6 Å². The molecule has 1 amide bonds. The van der Waals surface area contributed by atoms with Gasteiger partial charge in [-0.05, 0) is 62.6 Å². The maximum absolute atomic E-state index is 12.5. The number of carbonyl (C=O) groups excluding carboxylic acids is 1. The zero-order valence-electron chi connectivity index (χ0n) is 20.0. The van der Waals surface area contributed by atoms with Gasteiger partial charge in [-0.2, -0.15) is 0 Å². The van der Waals surface area contributed by atoms with Gasteiger partial charge in [0.2, 0.25) is 0 Å². The number of nitrogens with one attached hydrogen (secondary N) is 2. The predicted octanol–water partition coefficient (Wildman–Crippen LogP) is 5.51. The molecule has 0 aliphatic rings. The van der Waals surface area contributed by atoms with E-state index in [4.69, 9.17) is 0 Å². The first-order chi connectivity index (χ1) is 16.5. The van der Waals surface area contributed by atoms with Crippen molar-refractivity contribution in [2.24, 2.45) is 4.99 Å². The molecule has 34 heavy (non-hydrogen) atoms. The number of allylic oxidation sites excluding steroid dienone is 2. The molecule has 7 heteroatoms. The van der Waals surface area contributed by atoms with Gasteiger partial charge in [-0.3, -0.25) is 14.8 Å². The fourth-order valence-electron chi connectivity index (χ4n) is 3.37. The molecule has 2 aromatic heterocycles. The van der Waals surface area contributed by atoms with Gasteiger partial charge in [0, 0.05) is 66.6 Å². The molecule has 0 saturated heterocycles. The maximum atomic E-state index is 12.5. The van der Waals surface area contributed by atoms with Gasteiger partial charge in [0.15, 0.2) is 0 Å². The van der Waals surface area contributed by atoms with Crippen molar-refractivity contribution in [2.45, 2.75) is 40.2 Å². The van der Waals surface area contributed by atoms with Crippen LogP contribution in [0.15, 0.2) is 84.9 Å². The number of pyridine rings is 1. The Labute approximate surface area is 200 Å².